The van der Waals surface area contributed by atoms with Crippen molar-refractivity contribution in [3.8, 4) is 0 Å². The Morgan fingerprint density at radius 2 is 0.433 bits per heavy atom. The summed E-state index contributed by atoms with van der Waals surface area (Å²) in [5.74, 6) is -1.20. The molecule has 0 spiro atoms. The second kappa shape index (κ2) is 56.7. The molecule has 7 fully saturated rings. The molecular formula is C55H120O35. The fourth-order valence-corrected chi connectivity index (χ4v) is 8.57. The Kier molecular flexibility index (Phi) is 61.3. The van der Waals surface area contributed by atoms with Crippen LogP contribution in [0.5, 0.6) is 0 Å². The third-order valence-electron chi connectivity index (χ3n) is 15.0. The minimum Gasteiger partial charge on any atom is -0.400 e. The lowest BCUT2D eigenvalue weighted by Crippen LogP contribution is -2.55. The van der Waals surface area contributed by atoms with Crippen LogP contribution in [-0.4, -0.2) is 412 Å². The van der Waals surface area contributed by atoms with Crippen molar-refractivity contribution >= 4 is 0 Å². The van der Waals surface area contributed by atoms with Crippen molar-refractivity contribution in [1.29, 1.82) is 0 Å². The van der Waals surface area contributed by atoms with E-state index in [2.05, 4.69) is 0 Å². The Bertz CT molecular complexity index is 1310. The second-order valence-electron chi connectivity index (χ2n) is 20.8. The van der Waals surface area contributed by atoms with Crippen molar-refractivity contribution in [2.24, 2.45) is 29.6 Å². The van der Waals surface area contributed by atoms with Crippen molar-refractivity contribution in [1.82, 2.24) is 0 Å². The van der Waals surface area contributed by atoms with Gasteiger partial charge < -0.3 is 176 Å². The lowest BCUT2D eigenvalue weighted by Gasteiger charge is -2.40. The van der Waals surface area contributed by atoms with E-state index >= 15 is 0 Å². The second-order valence-corrected chi connectivity index (χ2v) is 20.8. The molecule has 0 aromatic heterocycles. The Hall–Kier alpha value is -1.40. The molecule has 10 unspecified atom stereocenters. The summed E-state index contributed by atoms with van der Waals surface area (Å²) < 4.78 is 39.7. The van der Waals surface area contributed by atoms with Crippen LogP contribution in [0.4, 0.5) is 0 Å². The van der Waals surface area contributed by atoms with Gasteiger partial charge in [-0.1, -0.05) is 48.5 Å². The summed E-state index contributed by atoms with van der Waals surface area (Å²) in [6.45, 7) is 11.9. The normalized spacial score (nSPS) is 40.8. The minimum absolute atomic E-state index is 0.0521. The lowest BCUT2D eigenvalue weighted by molar-refractivity contribution is -0.215. The van der Waals surface area contributed by atoms with E-state index in [-0.39, 0.29) is 122 Å². The van der Waals surface area contributed by atoms with Crippen molar-refractivity contribution < 1.29 is 176 Å². The highest BCUT2D eigenvalue weighted by Gasteiger charge is 2.43. The summed E-state index contributed by atoms with van der Waals surface area (Å²) >= 11 is 0. The van der Waals surface area contributed by atoms with Gasteiger partial charge >= 0.3 is 0 Å². The number of ether oxygens (including phenoxy) is 8. The molecule has 35 heteroatoms. The first-order valence-electron chi connectivity index (χ1n) is 29.4. The molecule has 7 aliphatic rings. The van der Waals surface area contributed by atoms with Crippen LogP contribution in [0.1, 0.15) is 48.5 Å². The van der Waals surface area contributed by atoms with Gasteiger partial charge in [-0.15, -0.1) is 0 Å². The van der Waals surface area contributed by atoms with Gasteiger partial charge in [0.25, 0.3) is 0 Å². The first-order chi connectivity index (χ1) is 42.6. The van der Waals surface area contributed by atoms with Gasteiger partial charge in [0.05, 0.1) is 154 Å². The van der Waals surface area contributed by atoms with E-state index in [0.717, 1.165) is 28.4 Å². The van der Waals surface area contributed by atoms with Gasteiger partial charge in [-0.3, -0.25) is 0 Å². The number of hydrogen-bond donors (Lipinski definition) is 27. The molecule has 35 nitrogen and oxygen atoms in total. The molecule has 7 aliphatic heterocycles. The number of methoxy groups -OCH3 is 1. The molecule has 0 aromatic rings. The predicted octanol–water partition coefficient (Wildman–Crippen LogP) is -11.9. The van der Waals surface area contributed by atoms with E-state index in [4.69, 9.17) is 125 Å². The zero-order valence-corrected chi connectivity index (χ0v) is 54.0. The Morgan fingerprint density at radius 3 is 0.633 bits per heavy atom. The molecule has 0 aromatic carbocycles. The molecule has 0 bridgehead atoms. The van der Waals surface area contributed by atoms with Gasteiger partial charge in [0.1, 0.15) is 85.5 Å². The fraction of sp³-hybridized carbons (Fsp3) is 1.00. The highest BCUT2D eigenvalue weighted by atomic mass is 16.6. The molecule has 550 valence electrons. The van der Waals surface area contributed by atoms with Crippen LogP contribution in [0.15, 0.2) is 0 Å². The maximum Gasteiger partial charge on any atom is 0.111 e. The molecule has 0 amide bonds. The van der Waals surface area contributed by atoms with Crippen LogP contribution in [0.2, 0.25) is 0 Å². The monoisotopic (exact) mass is 1340 g/mol. The zero-order chi connectivity index (χ0) is 71.3. The van der Waals surface area contributed by atoms with Gasteiger partial charge in [-0.25, -0.2) is 0 Å². The molecule has 7 rings (SSSR count). The third kappa shape index (κ3) is 33.5. The number of aliphatic hydroxyl groups is 27. The number of aliphatic hydroxyl groups excluding tert-OH is 27. The van der Waals surface area contributed by atoms with E-state index in [0.29, 0.717) is 0 Å². The molecule has 0 aliphatic carbocycles. The molecule has 0 saturated carbocycles. The van der Waals surface area contributed by atoms with E-state index in [9.17, 15) is 51.1 Å². The summed E-state index contributed by atoms with van der Waals surface area (Å²) in [6, 6.07) is 0. The van der Waals surface area contributed by atoms with Crippen LogP contribution in [0.3, 0.4) is 0 Å². The molecule has 90 heavy (non-hydrogen) atoms. The van der Waals surface area contributed by atoms with Gasteiger partial charge in [0, 0.05) is 65.1 Å². The van der Waals surface area contributed by atoms with Gasteiger partial charge in [-0.2, -0.15) is 0 Å². The third-order valence-corrected chi connectivity index (χ3v) is 15.0. The zero-order valence-electron chi connectivity index (χ0n) is 54.0. The first-order valence-corrected chi connectivity index (χ1v) is 29.4. The van der Waals surface area contributed by atoms with Gasteiger partial charge in [-0.05, 0) is 0 Å². The van der Waals surface area contributed by atoms with E-state index < -0.39 is 146 Å². The smallest absolute Gasteiger partial charge is 0.111 e. The van der Waals surface area contributed by atoms with Crippen LogP contribution in [0.25, 0.3) is 0 Å². The fourth-order valence-electron chi connectivity index (χ4n) is 8.57. The molecule has 7 saturated heterocycles. The Labute approximate surface area is 527 Å². The molecule has 27 N–H and O–H groups in total. The van der Waals surface area contributed by atoms with Gasteiger partial charge in [0.2, 0.25) is 0 Å². The molecule has 7 heterocycles. The maximum atomic E-state index is 9.71. The van der Waals surface area contributed by atoms with E-state index in [1.54, 1.807) is 34.6 Å². The summed E-state index contributed by atoms with van der Waals surface area (Å²) in [6.07, 6.45) is -18.9. The SMILES string of the molecule is CC.CO.CO.CO.CO.COC[C@@H]1OC(CO)[C@@H](O)[C@@H](C)C1O.C[C@H]1C(O)COC(CO)[C@H]1O.C[C@H]1[C@H](O)COC(CO)[C@H]1O.C[C@H]1[C@H](O)COC(CO)[C@H]1O.C[C@H]1[C@H](O)COC(CO)[C@H]1O.OCC1OCC(O)[C@H](O)[C@@H]1O.OCC1OC[C@@H](O)[C@H](O)[C@@H]1O. The van der Waals surface area contributed by atoms with Crippen LogP contribution < -0.4 is 0 Å². The standard InChI is InChI=1S/C9H18O5.4C7H14O4.2C6H12O5.C2H6.4CH4O/c1-5-8(11)6(3-10)14-7(4-13-2)9(5)12;4*1-4-5(9)3-11-6(2-8)7(4)10;2*7-1-4-6(10)5(9)3(8)2-11-4;5*1-2/h5-12H,3-4H2,1-2H3;4*4-10H,2-3H2,1H3;2*3-10H,1-2H2;1-2H3;4*2H,1H3/t5-,6?,7+,8+,9?;4-,5?,6?,7-;3*4-,5+,6?,7-;3?,4?,5-,6+;3-,4?,5+,6-;;;;;/m1000001...../s1. The molecular weight excluding hydrogens is 1220 g/mol. The minimum atomic E-state index is -1.22. The average Bonchev–Trinajstić information content (AvgIpc) is 1.30. The van der Waals surface area contributed by atoms with Crippen molar-refractivity contribution in [2.75, 3.05) is 128 Å². The Balaban J connectivity index is -0.000000305. The molecule has 29 atom stereocenters. The topological polar surface area (TPSA) is 620 Å². The summed E-state index contributed by atoms with van der Waals surface area (Å²) in [5.41, 5.74) is 0. The summed E-state index contributed by atoms with van der Waals surface area (Å²) in [4.78, 5) is 0. The van der Waals surface area contributed by atoms with Crippen molar-refractivity contribution in [3.63, 3.8) is 0 Å². The maximum absolute atomic E-state index is 9.71. The van der Waals surface area contributed by atoms with E-state index in [1.165, 1.54) is 7.11 Å². The van der Waals surface area contributed by atoms with Crippen LogP contribution in [-0.2, 0) is 37.9 Å². The number of rotatable bonds is 9. The quantitative estimate of drug-likeness (QED) is 0.102. The van der Waals surface area contributed by atoms with Crippen molar-refractivity contribution in [3.05, 3.63) is 0 Å². The number of hydrogen-bond acceptors (Lipinski definition) is 35. The Morgan fingerprint density at radius 1 is 0.256 bits per heavy atom. The highest BCUT2D eigenvalue weighted by molar-refractivity contribution is 4.91. The molecule has 0 radical (unpaired) electrons. The summed E-state index contributed by atoms with van der Waals surface area (Å²) in [5, 5.41) is 237. The lowest BCUT2D eigenvalue weighted by atomic mass is 9.88. The highest BCUT2D eigenvalue weighted by Crippen LogP contribution is 2.27. The first kappa shape index (κ1) is 97.3. The van der Waals surface area contributed by atoms with Crippen LogP contribution in [0, 0.1) is 29.6 Å². The predicted molar refractivity (Wildman–Crippen MR) is 314 cm³/mol. The van der Waals surface area contributed by atoms with E-state index in [1.807, 2.05) is 13.8 Å². The van der Waals surface area contributed by atoms with Crippen molar-refractivity contribution in [2.45, 2.75) is 195 Å². The van der Waals surface area contributed by atoms with Crippen LogP contribution >= 0.6 is 0 Å². The largest absolute Gasteiger partial charge is 0.400 e. The average molecular weight is 1340 g/mol. The summed E-state index contributed by atoms with van der Waals surface area (Å²) in [7, 11) is 5.51. The van der Waals surface area contributed by atoms with Gasteiger partial charge in [0.15, 0.2) is 0 Å².